The second kappa shape index (κ2) is 7.01. The number of rotatable bonds is 5. The Morgan fingerprint density at radius 2 is 1.13 bits per heavy atom. The van der Waals surface area contributed by atoms with Gasteiger partial charge in [-0.25, -0.2) is 4.39 Å². The van der Waals surface area contributed by atoms with Gasteiger partial charge in [0.1, 0.15) is 5.82 Å². The van der Waals surface area contributed by atoms with Crippen molar-refractivity contribution >= 4 is 5.78 Å². The molecule has 2 heteroatoms. The van der Waals surface area contributed by atoms with Gasteiger partial charge in [0.15, 0.2) is 5.78 Å². The van der Waals surface area contributed by atoms with Crippen molar-refractivity contribution in [1.29, 1.82) is 0 Å². The van der Waals surface area contributed by atoms with Crippen molar-refractivity contribution in [3.05, 3.63) is 107 Å². The molecule has 0 aliphatic carbocycles. The van der Waals surface area contributed by atoms with Crippen molar-refractivity contribution in [2.24, 2.45) is 0 Å². The monoisotopic (exact) mass is 304 g/mol. The van der Waals surface area contributed by atoms with Crippen LogP contribution in [0.5, 0.6) is 0 Å². The molecule has 114 valence electrons. The van der Waals surface area contributed by atoms with Crippen LogP contribution in [0.25, 0.3) is 0 Å². The van der Waals surface area contributed by atoms with Crippen LogP contribution >= 0.6 is 0 Å². The summed E-state index contributed by atoms with van der Waals surface area (Å²) in [4.78, 5) is 12.3. The molecular formula is C21H17FO. The van der Waals surface area contributed by atoms with E-state index in [1.54, 1.807) is 0 Å². The van der Waals surface area contributed by atoms with Crippen LogP contribution in [0.1, 0.15) is 27.0 Å². The zero-order chi connectivity index (χ0) is 16.1. The standard InChI is InChI=1S/C21H17FO/c22-20-14-12-19(13-15-20)21(23)18-10-8-17(9-11-18)7-6-16-4-2-1-3-5-16/h1-5,8-15H,6-7H2. The first-order valence-electron chi connectivity index (χ1n) is 7.65. The van der Waals surface area contributed by atoms with Crippen molar-refractivity contribution < 1.29 is 9.18 Å². The summed E-state index contributed by atoms with van der Waals surface area (Å²) >= 11 is 0. The first-order chi connectivity index (χ1) is 11.2. The third kappa shape index (κ3) is 3.92. The molecule has 23 heavy (non-hydrogen) atoms. The molecule has 3 aromatic carbocycles. The van der Waals surface area contributed by atoms with Gasteiger partial charge in [-0.3, -0.25) is 4.79 Å². The molecule has 3 rings (SSSR count). The highest BCUT2D eigenvalue weighted by molar-refractivity contribution is 6.08. The van der Waals surface area contributed by atoms with E-state index in [1.165, 1.54) is 35.4 Å². The number of carbonyl (C=O) groups excluding carboxylic acids is 1. The Morgan fingerprint density at radius 1 is 0.652 bits per heavy atom. The molecule has 3 aromatic rings. The summed E-state index contributed by atoms with van der Waals surface area (Å²) < 4.78 is 12.9. The Labute approximate surface area is 135 Å². The van der Waals surface area contributed by atoms with Crippen LogP contribution in [0, 0.1) is 5.82 Å². The number of halogens is 1. The van der Waals surface area contributed by atoms with Gasteiger partial charge in [-0.05, 0) is 48.2 Å². The van der Waals surface area contributed by atoms with Gasteiger partial charge >= 0.3 is 0 Å². The molecule has 0 fully saturated rings. The predicted octanol–water partition coefficient (Wildman–Crippen LogP) is 4.84. The second-order valence-electron chi connectivity index (χ2n) is 5.52. The lowest BCUT2D eigenvalue weighted by atomic mass is 9.99. The molecule has 0 bridgehead atoms. The normalized spacial score (nSPS) is 10.5. The minimum atomic E-state index is -0.335. The van der Waals surface area contributed by atoms with Crippen LogP contribution < -0.4 is 0 Å². The summed E-state index contributed by atoms with van der Waals surface area (Å²) in [5.74, 6) is -0.419. The summed E-state index contributed by atoms with van der Waals surface area (Å²) in [6.07, 6.45) is 1.92. The van der Waals surface area contributed by atoms with Crippen LogP contribution in [-0.4, -0.2) is 5.78 Å². The molecule has 0 atom stereocenters. The number of hydrogen-bond donors (Lipinski definition) is 0. The average molecular weight is 304 g/mol. The summed E-state index contributed by atoms with van der Waals surface area (Å²) in [7, 11) is 0. The Morgan fingerprint density at radius 3 is 1.70 bits per heavy atom. The Kier molecular flexibility index (Phi) is 4.62. The molecule has 0 unspecified atom stereocenters. The Balaban J connectivity index is 1.67. The molecule has 0 saturated carbocycles. The lowest BCUT2D eigenvalue weighted by molar-refractivity contribution is 0.103. The molecule has 0 saturated heterocycles. The molecule has 0 aromatic heterocycles. The summed E-state index contributed by atoms with van der Waals surface area (Å²) in [5, 5.41) is 0. The van der Waals surface area contributed by atoms with Crippen LogP contribution in [0.3, 0.4) is 0 Å². The van der Waals surface area contributed by atoms with E-state index in [-0.39, 0.29) is 11.6 Å². The van der Waals surface area contributed by atoms with E-state index in [9.17, 15) is 9.18 Å². The molecule has 0 radical (unpaired) electrons. The highest BCUT2D eigenvalue weighted by Gasteiger charge is 2.08. The smallest absolute Gasteiger partial charge is 0.193 e. The van der Waals surface area contributed by atoms with Crippen LogP contribution in [-0.2, 0) is 12.8 Å². The van der Waals surface area contributed by atoms with E-state index in [2.05, 4.69) is 12.1 Å². The fourth-order valence-corrected chi connectivity index (χ4v) is 2.52. The molecule has 0 amide bonds. The fraction of sp³-hybridized carbons (Fsp3) is 0.0952. The lowest BCUT2D eigenvalue weighted by Gasteiger charge is -2.05. The van der Waals surface area contributed by atoms with Gasteiger partial charge in [-0.15, -0.1) is 0 Å². The number of benzene rings is 3. The lowest BCUT2D eigenvalue weighted by Crippen LogP contribution is -2.01. The van der Waals surface area contributed by atoms with Gasteiger partial charge in [0, 0.05) is 11.1 Å². The predicted molar refractivity (Wildman–Crippen MR) is 90.1 cm³/mol. The largest absolute Gasteiger partial charge is 0.289 e. The van der Waals surface area contributed by atoms with Crippen LogP contribution in [0.15, 0.2) is 78.9 Å². The number of hydrogen-bond acceptors (Lipinski definition) is 1. The Bertz CT molecular complexity index is 774. The van der Waals surface area contributed by atoms with Gasteiger partial charge in [-0.1, -0.05) is 54.6 Å². The summed E-state index contributed by atoms with van der Waals surface area (Å²) in [6, 6.07) is 23.6. The van der Waals surface area contributed by atoms with Crippen LogP contribution in [0.4, 0.5) is 4.39 Å². The fourth-order valence-electron chi connectivity index (χ4n) is 2.52. The molecule has 0 aliphatic heterocycles. The Hall–Kier alpha value is -2.74. The van der Waals surface area contributed by atoms with E-state index in [4.69, 9.17) is 0 Å². The topological polar surface area (TPSA) is 17.1 Å². The molecule has 0 N–H and O–H groups in total. The first kappa shape index (κ1) is 15.2. The van der Waals surface area contributed by atoms with Crippen molar-refractivity contribution in [2.75, 3.05) is 0 Å². The van der Waals surface area contributed by atoms with E-state index in [0.717, 1.165) is 12.8 Å². The van der Waals surface area contributed by atoms with E-state index in [0.29, 0.717) is 11.1 Å². The van der Waals surface area contributed by atoms with Gasteiger partial charge in [0.25, 0.3) is 0 Å². The van der Waals surface area contributed by atoms with E-state index >= 15 is 0 Å². The molecule has 1 nitrogen and oxygen atoms in total. The molecule has 0 heterocycles. The van der Waals surface area contributed by atoms with Crippen molar-refractivity contribution in [2.45, 2.75) is 12.8 Å². The quantitative estimate of drug-likeness (QED) is 0.616. The van der Waals surface area contributed by atoms with Gasteiger partial charge in [-0.2, -0.15) is 0 Å². The van der Waals surface area contributed by atoms with Crippen molar-refractivity contribution in [1.82, 2.24) is 0 Å². The summed E-state index contributed by atoms with van der Waals surface area (Å²) in [6.45, 7) is 0. The zero-order valence-electron chi connectivity index (χ0n) is 12.7. The average Bonchev–Trinajstić information content (AvgIpc) is 2.61. The SMILES string of the molecule is O=C(c1ccc(F)cc1)c1ccc(CCc2ccccc2)cc1. The highest BCUT2D eigenvalue weighted by Crippen LogP contribution is 2.13. The second-order valence-corrected chi connectivity index (χ2v) is 5.52. The molecule has 0 spiro atoms. The third-order valence-corrected chi connectivity index (χ3v) is 3.87. The van der Waals surface area contributed by atoms with Crippen molar-refractivity contribution in [3.8, 4) is 0 Å². The maximum absolute atomic E-state index is 12.9. The summed E-state index contributed by atoms with van der Waals surface area (Å²) in [5.41, 5.74) is 3.63. The number of carbonyl (C=O) groups is 1. The molecular weight excluding hydrogens is 287 g/mol. The first-order valence-corrected chi connectivity index (χ1v) is 7.65. The van der Waals surface area contributed by atoms with Gasteiger partial charge in [0.2, 0.25) is 0 Å². The minimum absolute atomic E-state index is 0.0837. The van der Waals surface area contributed by atoms with E-state index < -0.39 is 0 Å². The van der Waals surface area contributed by atoms with Gasteiger partial charge in [0.05, 0.1) is 0 Å². The zero-order valence-corrected chi connectivity index (χ0v) is 12.7. The van der Waals surface area contributed by atoms with Crippen LogP contribution in [0.2, 0.25) is 0 Å². The number of ketones is 1. The number of aryl methyl sites for hydroxylation is 2. The minimum Gasteiger partial charge on any atom is -0.289 e. The van der Waals surface area contributed by atoms with E-state index in [1.807, 2.05) is 42.5 Å². The maximum atomic E-state index is 12.9. The third-order valence-electron chi connectivity index (χ3n) is 3.87. The highest BCUT2D eigenvalue weighted by atomic mass is 19.1. The van der Waals surface area contributed by atoms with Crippen molar-refractivity contribution in [3.63, 3.8) is 0 Å². The van der Waals surface area contributed by atoms with Gasteiger partial charge < -0.3 is 0 Å². The maximum Gasteiger partial charge on any atom is 0.193 e. The molecule has 0 aliphatic rings.